The Morgan fingerprint density at radius 3 is 0.922 bits per heavy atom. The molecule has 0 amide bonds. The fourth-order valence-electron chi connectivity index (χ4n) is 5.75. The third-order valence-corrected chi connectivity index (χ3v) is 7.55. The summed E-state index contributed by atoms with van der Waals surface area (Å²) in [5, 5.41) is 38.6. The van der Waals surface area contributed by atoms with Crippen molar-refractivity contribution >= 4 is 11.8 Å². The van der Waals surface area contributed by atoms with Gasteiger partial charge in [-0.2, -0.15) is 0 Å². The van der Waals surface area contributed by atoms with Crippen molar-refractivity contribution in [2.24, 2.45) is 9.98 Å². The Bertz CT molecular complexity index is 1530. The van der Waals surface area contributed by atoms with Crippen LogP contribution in [0, 0.1) is 55.4 Å². The van der Waals surface area contributed by atoms with Gasteiger partial charge in [0.15, 0.2) is 0 Å². The van der Waals surface area contributed by atoms with Gasteiger partial charge < -0.3 is 14.9 Å². The summed E-state index contributed by atoms with van der Waals surface area (Å²) in [5.74, 6) is -0.366. The third-order valence-electron chi connectivity index (χ3n) is 7.55. The smallest absolute Gasteiger partial charge is 0.859 e. The predicted octanol–water partition coefficient (Wildman–Crippen LogP) is -3.68. The molecule has 270 valence electrons. The van der Waals surface area contributed by atoms with Crippen molar-refractivity contribution in [3.8, 4) is 0 Å². The molecular formula is C36H60Li2N10O3+4. The van der Waals surface area contributed by atoms with Crippen molar-refractivity contribution in [3.05, 3.63) is 69.8 Å². The molecule has 4 aromatic heterocycles. The van der Waals surface area contributed by atoms with Crippen LogP contribution < -0.4 is 68.3 Å². The zero-order valence-corrected chi connectivity index (χ0v) is 34.2. The number of aryl methyl sites for hydroxylation is 8. The SMILES string of the molecule is C1CCOC1.Cc1cc(C)n(C(C([O-])=NC(C)(C)C)n2[nH+]c(C)cc2C)[nH+]1.Cc1cc(C)n(C(C([O-])=NC(C)(C)C)n2[nH+]c(C)cc2C)[nH+]1.[Li+].[Li+]. The molecule has 1 saturated heterocycles. The average Bonchev–Trinajstić information content (AvgIpc) is 3.77. The zero-order chi connectivity index (χ0) is 36.8. The van der Waals surface area contributed by atoms with E-state index >= 15 is 0 Å². The normalized spacial score (nSPS) is 13.7. The number of hydrogen-bond donors (Lipinski definition) is 0. The monoisotopic (exact) mass is 695 g/mol. The van der Waals surface area contributed by atoms with Crippen molar-refractivity contribution in [1.82, 2.24) is 18.7 Å². The van der Waals surface area contributed by atoms with Crippen LogP contribution in [0.15, 0.2) is 34.3 Å². The fraction of sp³-hybridized carbons (Fsp3) is 0.611. The maximum Gasteiger partial charge on any atom is 1.00 e. The van der Waals surface area contributed by atoms with Gasteiger partial charge in [0.1, 0.15) is 0 Å². The van der Waals surface area contributed by atoms with Gasteiger partial charge in [-0.3, -0.25) is 9.98 Å². The van der Waals surface area contributed by atoms with Crippen molar-refractivity contribution < 1.29 is 73.1 Å². The van der Waals surface area contributed by atoms with E-state index in [0.717, 1.165) is 58.8 Å². The number of aliphatic imine (C=N–C) groups is 2. The van der Waals surface area contributed by atoms with Crippen LogP contribution in [0.4, 0.5) is 0 Å². The third kappa shape index (κ3) is 13.5. The number of H-pyrrole nitrogens is 4. The molecule has 0 radical (unpaired) electrons. The van der Waals surface area contributed by atoms with E-state index in [2.05, 4.69) is 30.4 Å². The molecule has 1 fully saturated rings. The molecule has 4 aromatic rings. The number of rotatable bonds is 6. The van der Waals surface area contributed by atoms with Crippen LogP contribution in [-0.4, -0.2) is 54.8 Å². The topological polar surface area (TPSA) is 156 Å². The Balaban J connectivity index is 0.000000432. The molecule has 1 aliphatic rings. The second-order valence-corrected chi connectivity index (χ2v) is 15.1. The molecule has 0 saturated carbocycles. The van der Waals surface area contributed by atoms with Crippen molar-refractivity contribution in [3.63, 3.8) is 0 Å². The van der Waals surface area contributed by atoms with E-state index in [0.29, 0.717) is 0 Å². The first kappa shape index (κ1) is 46.0. The molecule has 4 N–H and O–H groups in total. The number of nitrogens with zero attached hydrogens (tertiary/aromatic N) is 6. The van der Waals surface area contributed by atoms with Gasteiger partial charge >= 0.3 is 37.7 Å². The number of aromatic nitrogens is 8. The molecule has 15 heteroatoms. The summed E-state index contributed by atoms with van der Waals surface area (Å²) in [5.41, 5.74) is 7.14. The molecule has 0 aliphatic carbocycles. The standard InChI is InChI=1S/2C16H25N5O.C4H8O.2Li/c2*1-10-8-12(3)20(18-10)15(14(22)17-16(5,6)7)21-13(4)9-11(2)19-21;1-2-4-5-3-1;;/h2*8-9,15H,1-7H3,(H,17,22);1-4H2;;/q;;;2*+1/p+2. The van der Waals surface area contributed by atoms with Gasteiger partial charge in [0, 0.05) is 77.0 Å². The second-order valence-electron chi connectivity index (χ2n) is 15.1. The summed E-state index contributed by atoms with van der Waals surface area (Å²) in [6.45, 7) is 29.4. The molecule has 51 heavy (non-hydrogen) atoms. The Hall–Kier alpha value is -3.07. The molecule has 0 unspecified atom stereocenters. The minimum Gasteiger partial charge on any atom is -0.859 e. The predicted molar refractivity (Wildman–Crippen MR) is 185 cm³/mol. The van der Waals surface area contributed by atoms with E-state index in [1.807, 2.05) is 140 Å². The molecular weight excluding hydrogens is 634 g/mol. The van der Waals surface area contributed by atoms with E-state index in [4.69, 9.17) is 4.74 Å². The summed E-state index contributed by atoms with van der Waals surface area (Å²) < 4.78 is 12.4. The number of ether oxygens (including phenoxy) is 1. The maximum absolute atomic E-state index is 12.8. The molecule has 0 bridgehead atoms. The van der Waals surface area contributed by atoms with E-state index in [1.165, 1.54) is 12.8 Å². The Labute approximate surface area is 328 Å². The fourth-order valence-corrected chi connectivity index (χ4v) is 5.75. The maximum atomic E-state index is 12.8. The van der Waals surface area contributed by atoms with Gasteiger partial charge in [-0.1, -0.05) is 0 Å². The Kier molecular flexibility index (Phi) is 17.2. The van der Waals surface area contributed by atoms with Crippen LogP contribution in [-0.2, 0) is 4.74 Å². The molecule has 13 nitrogen and oxygen atoms in total. The van der Waals surface area contributed by atoms with Gasteiger partial charge in [0.25, 0.3) is 0 Å². The number of aromatic amines is 4. The number of nitrogens with one attached hydrogen (secondary N) is 4. The van der Waals surface area contributed by atoms with E-state index in [-0.39, 0.29) is 49.5 Å². The quantitative estimate of drug-likeness (QED) is 0.116. The zero-order valence-electron chi connectivity index (χ0n) is 34.2. The van der Waals surface area contributed by atoms with Gasteiger partial charge in [-0.25, -0.2) is 0 Å². The van der Waals surface area contributed by atoms with Crippen molar-refractivity contribution in [2.45, 2.75) is 133 Å². The van der Waals surface area contributed by atoms with Crippen LogP contribution in [0.3, 0.4) is 0 Å². The summed E-state index contributed by atoms with van der Waals surface area (Å²) in [4.78, 5) is 8.69. The molecule has 0 spiro atoms. The minimum absolute atomic E-state index is 0. The molecule has 5 rings (SSSR count). The van der Waals surface area contributed by atoms with Crippen LogP contribution >= 0.6 is 0 Å². The van der Waals surface area contributed by atoms with E-state index in [9.17, 15) is 10.2 Å². The minimum atomic E-state index is -0.568. The van der Waals surface area contributed by atoms with E-state index < -0.39 is 23.4 Å². The summed E-state index contributed by atoms with van der Waals surface area (Å²) in [6.07, 6.45) is 1.42. The van der Waals surface area contributed by atoms with Gasteiger partial charge in [-0.05, 0) is 82.1 Å². The van der Waals surface area contributed by atoms with E-state index in [1.54, 1.807) is 0 Å². The summed E-state index contributed by atoms with van der Waals surface area (Å²) in [6, 6.07) is 8.07. The molecule has 5 heterocycles. The van der Waals surface area contributed by atoms with Crippen LogP contribution in [0.5, 0.6) is 0 Å². The average molecular weight is 695 g/mol. The first-order valence-electron chi connectivity index (χ1n) is 17.1. The van der Waals surface area contributed by atoms with Crippen molar-refractivity contribution in [1.29, 1.82) is 0 Å². The summed E-state index contributed by atoms with van der Waals surface area (Å²) in [7, 11) is 0. The molecule has 0 atom stereocenters. The first-order chi connectivity index (χ1) is 22.7. The largest absolute Gasteiger partial charge is 1.00 e. The summed E-state index contributed by atoms with van der Waals surface area (Å²) >= 11 is 0. The second kappa shape index (κ2) is 19.1. The van der Waals surface area contributed by atoms with Crippen LogP contribution in [0.25, 0.3) is 0 Å². The van der Waals surface area contributed by atoms with Gasteiger partial charge in [-0.15, -0.1) is 39.1 Å². The first-order valence-corrected chi connectivity index (χ1v) is 17.1. The van der Waals surface area contributed by atoms with Crippen LogP contribution in [0.1, 0.15) is 112 Å². The Morgan fingerprint density at radius 2 is 0.784 bits per heavy atom. The molecule has 1 aliphatic heterocycles. The van der Waals surface area contributed by atoms with Crippen molar-refractivity contribution in [2.75, 3.05) is 13.2 Å². The number of hydrogen-bond acceptors (Lipinski definition) is 5. The van der Waals surface area contributed by atoms with Gasteiger partial charge in [0.2, 0.25) is 35.1 Å². The van der Waals surface area contributed by atoms with Gasteiger partial charge in [0.05, 0.1) is 33.9 Å². The molecule has 0 aromatic carbocycles. The van der Waals surface area contributed by atoms with Crippen LogP contribution in [0.2, 0.25) is 0 Å². The Morgan fingerprint density at radius 1 is 0.549 bits per heavy atom.